The van der Waals surface area contributed by atoms with Gasteiger partial charge in [0.1, 0.15) is 0 Å². The van der Waals surface area contributed by atoms with Crippen LogP contribution in [-0.2, 0) is 11.2 Å². The highest BCUT2D eigenvalue weighted by atomic mass is 35.5. The topological polar surface area (TPSA) is 29.1 Å². The zero-order valence-electron chi connectivity index (χ0n) is 12.1. The van der Waals surface area contributed by atoms with Crippen LogP contribution in [0.3, 0.4) is 0 Å². The molecule has 0 fully saturated rings. The smallest absolute Gasteiger partial charge is 0.224 e. The summed E-state index contributed by atoms with van der Waals surface area (Å²) in [6.07, 6.45) is 2.06. The summed E-state index contributed by atoms with van der Waals surface area (Å²) in [5.41, 5.74) is 2.94. The number of hydrogen-bond acceptors (Lipinski definition) is 1. The average molecular weight is 357 g/mol. The molecule has 0 aliphatic rings. The van der Waals surface area contributed by atoms with Gasteiger partial charge in [-0.05, 0) is 37.5 Å². The number of hydrogen-bond donors (Lipinski definition) is 1. The zero-order valence-corrected chi connectivity index (χ0v) is 14.4. The molecule has 0 aromatic heterocycles. The van der Waals surface area contributed by atoms with Crippen molar-refractivity contribution in [2.24, 2.45) is 0 Å². The molecule has 0 heterocycles. The monoisotopic (exact) mass is 355 g/mol. The Morgan fingerprint density at radius 1 is 1.00 bits per heavy atom. The third-order valence-electron chi connectivity index (χ3n) is 3.27. The minimum atomic E-state index is -0.0904. The molecule has 0 radical (unpaired) electrons. The van der Waals surface area contributed by atoms with Crippen LogP contribution in [0.5, 0.6) is 0 Å². The van der Waals surface area contributed by atoms with E-state index in [1.54, 1.807) is 6.07 Å². The van der Waals surface area contributed by atoms with Crippen molar-refractivity contribution in [2.75, 3.05) is 5.32 Å². The molecule has 0 atom stereocenters. The molecule has 5 heteroatoms. The molecule has 0 aliphatic heterocycles. The lowest BCUT2D eigenvalue weighted by atomic mass is 10.1. The van der Waals surface area contributed by atoms with Gasteiger partial charge in [-0.25, -0.2) is 0 Å². The van der Waals surface area contributed by atoms with Crippen molar-refractivity contribution in [3.05, 3.63) is 62.6 Å². The maximum absolute atomic E-state index is 12.0. The maximum atomic E-state index is 12.0. The standard InChI is InChI=1S/C17H16Cl3NO/c1-11-5-7-12(8-6-11)3-2-4-17(22)21-16-10-14(19)13(18)9-15(16)20/h5-10H,2-4H2,1H3,(H,21,22). The van der Waals surface area contributed by atoms with Crippen molar-refractivity contribution in [1.82, 2.24) is 0 Å². The third kappa shape index (κ3) is 4.91. The van der Waals surface area contributed by atoms with Crippen LogP contribution >= 0.6 is 34.8 Å². The molecule has 0 saturated heterocycles. The van der Waals surface area contributed by atoms with Gasteiger partial charge < -0.3 is 5.32 Å². The molecule has 0 bridgehead atoms. The number of rotatable bonds is 5. The first-order valence-corrected chi connectivity index (χ1v) is 8.09. The second-order valence-corrected chi connectivity index (χ2v) is 6.36. The number of anilines is 1. The minimum absolute atomic E-state index is 0.0904. The van der Waals surface area contributed by atoms with Crippen molar-refractivity contribution in [2.45, 2.75) is 26.2 Å². The molecule has 2 aromatic rings. The van der Waals surface area contributed by atoms with E-state index in [4.69, 9.17) is 34.8 Å². The minimum Gasteiger partial charge on any atom is -0.325 e. The fraction of sp³-hybridized carbons (Fsp3) is 0.235. The van der Waals surface area contributed by atoms with E-state index in [0.717, 1.165) is 12.8 Å². The molecule has 2 nitrogen and oxygen atoms in total. The Hall–Kier alpha value is -1.22. The van der Waals surface area contributed by atoms with Crippen molar-refractivity contribution in [3.8, 4) is 0 Å². The molecule has 0 saturated carbocycles. The molecule has 22 heavy (non-hydrogen) atoms. The van der Waals surface area contributed by atoms with Crippen LogP contribution in [0.2, 0.25) is 15.1 Å². The first-order valence-electron chi connectivity index (χ1n) is 6.95. The Morgan fingerprint density at radius 3 is 2.32 bits per heavy atom. The summed E-state index contributed by atoms with van der Waals surface area (Å²) in [5.74, 6) is -0.0904. The molecule has 0 aliphatic carbocycles. The van der Waals surface area contributed by atoms with Crippen LogP contribution in [0, 0.1) is 6.92 Å². The van der Waals surface area contributed by atoms with Gasteiger partial charge in [-0.15, -0.1) is 0 Å². The van der Waals surface area contributed by atoms with Crippen LogP contribution in [0.4, 0.5) is 5.69 Å². The number of benzene rings is 2. The average Bonchev–Trinajstić information content (AvgIpc) is 2.47. The van der Waals surface area contributed by atoms with Gasteiger partial charge in [0.05, 0.1) is 20.8 Å². The second kappa shape index (κ2) is 7.87. The van der Waals surface area contributed by atoms with Crippen LogP contribution in [0.15, 0.2) is 36.4 Å². The van der Waals surface area contributed by atoms with Crippen LogP contribution in [0.1, 0.15) is 24.0 Å². The summed E-state index contributed by atoms with van der Waals surface area (Å²) < 4.78 is 0. The molecular weight excluding hydrogens is 341 g/mol. The van der Waals surface area contributed by atoms with E-state index in [2.05, 4.69) is 36.5 Å². The van der Waals surface area contributed by atoms with Gasteiger partial charge in [0, 0.05) is 6.42 Å². The summed E-state index contributed by atoms with van der Waals surface area (Å²) in [6, 6.07) is 11.4. The van der Waals surface area contributed by atoms with Gasteiger partial charge in [-0.1, -0.05) is 64.6 Å². The summed E-state index contributed by atoms with van der Waals surface area (Å²) in [4.78, 5) is 12.0. The second-order valence-electron chi connectivity index (χ2n) is 5.13. The lowest BCUT2D eigenvalue weighted by Crippen LogP contribution is -2.12. The highest BCUT2D eigenvalue weighted by Gasteiger charge is 2.09. The van der Waals surface area contributed by atoms with Gasteiger partial charge in [-0.3, -0.25) is 4.79 Å². The molecule has 116 valence electrons. The first-order chi connectivity index (χ1) is 10.5. The summed E-state index contributed by atoms with van der Waals surface area (Å²) in [5, 5.41) is 3.86. The number of nitrogens with one attached hydrogen (secondary N) is 1. The van der Waals surface area contributed by atoms with Gasteiger partial charge in [0.2, 0.25) is 5.91 Å². The summed E-state index contributed by atoms with van der Waals surface area (Å²) >= 11 is 17.8. The fourth-order valence-corrected chi connectivity index (χ4v) is 2.63. The van der Waals surface area contributed by atoms with Gasteiger partial charge in [0.15, 0.2) is 0 Å². The summed E-state index contributed by atoms with van der Waals surface area (Å²) in [6.45, 7) is 2.05. The van der Waals surface area contributed by atoms with Crippen molar-refractivity contribution >= 4 is 46.4 Å². The van der Waals surface area contributed by atoms with Crippen molar-refractivity contribution in [3.63, 3.8) is 0 Å². The Kier molecular flexibility index (Phi) is 6.13. The van der Waals surface area contributed by atoms with E-state index in [9.17, 15) is 4.79 Å². The Balaban J connectivity index is 1.85. The third-order valence-corrected chi connectivity index (χ3v) is 4.31. The lowest BCUT2D eigenvalue weighted by Gasteiger charge is -2.09. The number of carbonyl (C=O) groups is 1. The zero-order chi connectivity index (χ0) is 16.1. The highest BCUT2D eigenvalue weighted by molar-refractivity contribution is 6.44. The van der Waals surface area contributed by atoms with Gasteiger partial charge in [0.25, 0.3) is 0 Å². The lowest BCUT2D eigenvalue weighted by molar-refractivity contribution is -0.116. The van der Waals surface area contributed by atoms with E-state index in [1.165, 1.54) is 17.2 Å². The van der Waals surface area contributed by atoms with Crippen molar-refractivity contribution in [1.29, 1.82) is 0 Å². The number of carbonyl (C=O) groups excluding carboxylic acids is 1. The Bertz CT molecular complexity index is 668. The van der Waals surface area contributed by atoms with E-state index in [-0.39, 0.29) is 5.91 Å². The van der Waals surface area contributed by atoms with Crippen LogP contribution in [-0.4, -0.2) is 5.91 Å². The number of aryl methyl sites for hydroxylation is 2. The van der Waals surface area contributed by atoms with Crippen LogP contribution in [0.25, 0.3) is 0 Å². The number of amides is 1. The van der Waals surface area contributed by atoms with Gasteiger partial charge >= 0.3 is 0 Å². The van der Waals surface area contributed by atoms with E-state index < -0.39 is 0 Å². The van der Waals surface area contributed by atoms with Crippen molar-refractivity contribution < 1.29 is 4.79 Å². The summed E-state index contributed by atoms with van der Waals surface area (Å²) in [7, 11) is 0. The largest absolute Gasteiger partial charge is 0.325 e. The molecular formula is C17H16Cl3NO. The first kappa shape index (κ1) is 17.1. The van der Waals surface area contributed by atoms with Crippen LogP contribution < -0.4 is 5.32 Å². The Morgan fingerprint density at radius 2 is 1.64 bits per heavy atom. The highest BCUT2D eigenvalue weighted by Crippen LogP contribution is 2.32. The fourth-order valence-electron chi connectivity index (χ4n) is 2.04. The Labute approximate surface area is 145 Å². The van der Waals surface area contributed by atoms with Gasteiger partial charge in [-0.2, -0.15) is 0 Å². The molecule has 1 amide bonds. The predicted octanol–water partition coefficient (Wildman–Crippen LogP) is 5.92. The quantitative estimate of drug-likeness (QED) is 0.662. The SMILES string of the molecule is Cc1ccc(CCCC(=O)Nc2cc(Cl)c(Cl)cc2Cl)cc1. The molecule has 0 spiro atoms. The molecule has 1 N–H and O–H groups in total. The van der Waals surface area contributed by atoms with E-state index in [0.29, 0.717) is 27.2 Å². The normalized spacial score (nSPS) is 10.5. The van der Waals surface area contributed by atoms with E-state index in [1.807, 2.05) is 0 Å². The van der Waals surface area contributed by atoms with E-state index >= 15 is 0 Å². The maximum Gasteiger partial charge on any atom is 0.224 e. The predicted molar refractivity (Wildman–Crippen MR) is 94.2 cm³/mol. The molecule has 0 unspecified atom stereocenters. The molecule has 2 aromatic carbocycles. The molecule has 2 rings (SSSR count). The number of halogens is 3.